The average Bonchev–Trinajstić information content (AvgIpc) is 3.14. The van der Waals surface area contributed by atoms with Crippen molar-refractivity contribution in [3.63, 3.8) is 0 Å². The Morgan fingerprint density at radius 3 is 2.63 bits per heavy atom. The first-order valence-electron chi connectivity index (χ1n) is 11.2. The molecule has 182 valence electrons. The molecule has 3 N–H and O–H groups in total. The van der Waals surface area contributed by atoms with Gasteiger partial charge in [0, 0.05) is 29.6 Å². The van der Waals surface area contributed by atoms with E-state index < -0.39 is 17.6 Å². The lowest BCUT2D eigenvalue weighted by Crippen LogP contribution is -2.20. The van der Waals surface area contributed by atoms with Crippen LogP contribution in [0.2, 0.25) is 5.02 Å². The van der Waals surface area contributed by atoms with Crippen molar-refractivity contribution in [2.24, 2.45) is 0 Å². The molecule has 1 atom stereocenters. The maximum Gasteiger partial charge on any atom is 0.262 e. The number of anilines is 2. The van der Waals surface area contributed by atoms with Crippen LogP contribution < -0.4 is 15.8 Å². The predicted molar refractivity (Wildman–Crippen MR) is 136 cm³/mol. The number of halogens is 2. The van der Waals surface area contributed by atoms with Crippen LogP contribution >= 0.6 is 11.6 Å². The Labute approximate surface area is 208 Å². The molecule has 0 saturated heterocycles. The number of nitrogen functional groups attached to an aromatic ring is 1. The van der Waals surface area contributed by atoms with Gasteiger partial charge in [0.05, 0.1) is 16.8 Å². The summed E-state index contributed by atoms with van der Waals surface area (Å²) in [7, 11) is 0. The van der Waals surface area contributed by atoms with E-state index in [0.717, 1.165) is 5.56 Å². The summed E-state index contributed by atoms with van der Waals surface area (Å²) in [6, 6.07) is 8.75. The highest BCUT2D eigenvalue weighted by Gasteiger charge is 2.30. The van der Waals surface area contributed by atoms with Crippen LogP contribution in [0.4, 0.5) is 15.9 Å². The minimum Gasteiger partial charge on any atom is -0.490 e. The predicted octanol–water partition coefficient (Wildman–Crippen LogP) is 5.91. The highest BCUT2D eigenvalue weighted by molar-refractivity contribution is 6.31. The fraction of sp³-hybridized carbons (Fsp3) is 0.269. The first kappa shape index (κ1) is 24.5. The largest absolute Gasteiger partial charge is 0.490 e. The molecule has 1 unspecified atom stereocenters. The highest BCUT2D eigenvalue weighted by atomic mass is 35.5. The van der Waals surface area contributed by atoms with Crippen LogP contribution in [0.5, 0.6) is 5.75 Å². The third-order valence-corrected chi connectivity index (χ3v) is 6.09. The number of nitrogens with zero attached hydrogens (tertiary/aromatic N) is 3. The van der Waals surface area contributed by atoms with E-state index in [4.69, 9.17) is 27.1 Å². The zero-order chi connectivity index (χ0) is 25.4. The maximum absolute atomic E-state index is 15.4. The average molecular weight is 496 g/mol. The number of amides is 1. The molecule has 2 heterocycles. The Morgan fingerprint density at radius 1 is 1.23 bits per heavy atom. The third-order valence-electron chi connectivity index (χ3n) is 5.81. The van der Waals surface area contributed by atoms with Gasteiger partial charge in [-0.3, -0.25) is 9.20 Å². The Bertz CT molecular complexity index is 1430. The number of rotatable bonds is 6. The number of para-hydroxylation sites is 1. The molecule has 4 aromatic rings. The van der Waals surface area contributed by atoms with Crippen molar-refractivity contribution in [1.29, 1.82) is 0 Å². The van der Waals surface area contributed by atoms with Crippen LogP contribution in [-0.4, -0.2) is 26.4 Å². The minimum atomic E-state index is -0.845. The van der Waals surface area contributed by atoms with Gasteiger partial charge < -0.3 is 15.8 Å². The Hall–Kier alpha value is -3.65. The van der Waals surface area contributed by atoms with Crippen molar-refractivity contribution >= 4 is 34.5 Å². The van der Waals surface area contributed by atoms with Gasteiger partial charge in [0.15, 0.2) is 5.82 Å². The number of aryl methyl sites for hydroxylation is 2. The van der Waals surface area contributed by atoms with Crippen molar-refractivity contribution in [3.8, 4) is 5.75 Å². The lowest BCUT2D eigenvalue weighted by atomic mass is 9.95. The molecule has 2 aromatic heterocycles. The van der Waals surface area contributed by atoms with Crippen LogP contribution in [0.25, 0.3) is 5.52 Å². The summed E-state index contributed by atoms with van der Waals surface area (Å²) < 4.78 is 23.3. The first-order chi connectivity index (χ1) is 16.6. The number of ether oxygens (including phenoxy) is 1. The maximum atomic E-state index is 15.4. The van der Waals surface area contributed by atoms with Gasteiger partial charge in [-0.1, -0.05) is 36.7 Å². The Morgan fingerprint density at radius 2 is 1.94 bits per heavy atom. The molecule has 0 aliphatic heterocycles. The van der Waals surface area contributed by atoms with Crippen LogP contribution in [0.15, 0.2) is 42.7 Å². The number of carbonyl (C=O) groups excluding carboxylic acids is 1. The molecule has 0 radical (unpaired) electrons. The van der Waals surface area contributed by atoms with E-state index in [9.17, 15) is 4.79 Å². The van der Waals surface area contributed by atoms with Crippen LogP contribution in [0, 0.1) is 19.7 Å². The molecule has 0 aliphatic carbocycles. The Kier molecular flexibility index (Phi) is 6.67. The van der Waals surface area contributed by atoms with E-state index in [0.29, 0.717) is 34.1 Å². The molecule has 0 aliphatic rings. The summed E-state index contributed by atoms with van der Waals surface area (Å²) in [6.07, 6.45) is 3.02. The summed E-state index contributed by atoms with van der Waals surface area (Å²) in [5.41, 5.74) is 9.15. The van der Waals surface area contributed by atoms with E-state index in [1.54, 1.807) is 24.5 Å². The molecule has 9 heteroatoms. The fourth-order valence-corrected chi connectivity index (χ4v) is 4.34. The van der Waals surface area contributed by atoms with Gasteiger partial charge in [0.25, 0.3) is 5.91 Å². The number of benzene rings is 2. The molecule has 7 nitrogen and oxygen atoms in total. The number of aromatic nitrogens is 3. The SMILES string of the molecule is Cc1ccccc1NC(=O)c1c(F)c(Cl)cc(C(C)c2nc(C)c3c(N)nccn23)c1OC(C)C. The molecule has 0 bridgehead atoms. The summed E-state index contributed by atoms with van der Waals surface area (Å²) in [4.78, 5) is 22.2. The normalized spacial score (nSPS) is 12.2. The summed E-state index contributed by atoms with van der Waals surface area (Å²) in [6.45, 7) is 9.21. The van der Waals surface area contributed by atoms with E-state index in [1.807, 2.05) is 51.2 Å². The van der Waals surface area contributed by atoms with Crippen molar-refractivity contribution in [2.45, 2.75) is 46.6 Å². The second-order valence-electron chi connectivity index (χ2n) is 8.71. The zero-order valence-corrected chi connectivity index (χ0v) is 20.9. The van der Waals surface area contributed by atoms with Gasteiger partial charge in [-0.25, -0.2) is 14.4 Å². The van der Waals surface area contributed by atoms with Crippen LogP contribution in [0.1, 0.15) is 59.7 Å². The molecule has 1 amide bonds. The van der Waals surface area contributed by atoms with Gasteiger partial charge in [-0.15, -0.1) is 0 Å². The molecule has 0 saturated carbocycles. The van der Waals surface area contributed by atoms with E-state index >= 15 is 4.39 Å². The number of fused-ring (bicyclic) bond motifs is 1. The summed E-state index contributed by atoms with van der Waals surface area (Å²) in [5, 5.41) is 2.61. The highest BCUT2D eigenvalue weighted by Crippen LogP contribution is 2.40. The molecule has 4 rings (SSSR count). The number of hydrogen-bond acceptors (Lipinski definition) is 5. The summed E-state index contributed by atoms with van der Waals surface area (Å²) >= 11 is 6.32. The quantitative estimate of drug-likeness (QED) is 0.346. The number of hydrogen-bond donors (Lipinski definition) is 2. The number of imidazole rings is 1. The van der Waals surface area contributed by atoms with Crippen LogP contribution in [0.3, 0.4) is 0 Å². The first-order valence-corrected chi connectivity index (χ1v) is 11.6. The van der Waals surface area contributed by atoms with Gasteiger partial charge in [0.1, 0.15) is 28.5 Å². The standard InChI is InChI=1S/C26H27ClFN5O2/c1-13(2)35-23-17(15(4)25-31-16(5)22-24(29)30-10-11-33(22)25)12-18(27)21(28)20(23)26(34)32-19-9-7-6-8-14(19)3/h6-13,15H,1-5H3,(H2,29,30)(H,32,34). The zero-order valence-electron chi connectivity index (χ0n) is 20.2. The lowest BCUT2D eigenvalue weighted by Gasteiger charge is -2.22. The van der Waals surface area contributed by atoms with Gasteiger partial charge >= 0.3 is 0 Å². The van der Waals surface area contributed by atoms with Gasteiger partial charge in [-0.05, 0) is 45.4 Å². The van der Waals surface area contributed by atoms with Crippen molar-refractivity contribution in [1.82, 2.24) is 14.4 Å². The number of nitrogens with two attached hydrogens (primary N) is 1. The second-order valence-corrected chi connectivity index (χ2v) is 9.12. The molecule has 0 fully saturated rings. The Balaban J connectivity index is 1.90. The van der Waals surface area contributed by atoms with Crippen molar-refractivity contribution in [3.05, 3.63) is 81.8 Å². The van der Waals surface area contributed by atoms with Crippen molar-refractivity contribution < 1.29 is 13.9 Å². The minimum absolute atomic E-state index is 0.122. The third kappa shape index (κ3) is 4.53. The monoisotopic (exact) mass is 495 g/mol. The van der Waals surface area contributed by atoms with Crippen LogP contribution in [-0.2, 0) is 0 Å². The molecule has 0 spiro atoms. The van der Waals surface area contributed by atoms with Gasteiger partial charge in [-0.2, -0.15) is 0 Å². The second kappa shape index (κ2) is 9.54. The van der Waals surface area contributed by atoms with E-state index in [-0.39, 0.29) is 22.4 Å². The molecular formula is C26H27ClFN5O2. The number of nitrogens with one attached hydrogen (secondary N) is 1. The van der Waals surface area contributed by atoms with Crippen molar-refractivity contribution in [2.75, 3.05) is 11.1 Å². The number of carbonyl (C=O) groups is 1. The van der Waals surface area contributed by atoms with Gasteiger partial charge in [0.2, 0.25) is 0 Å². The molecule has 35 heavy (non-hydrogen) atoms. The topological polar surface area (TPSA) is 94.5 Å². The van der Waals surface area contributed by atoms with E-state index in [2.05, 4.69) is 10.3 Å². The molecular weight excluding hydrogens is 469 g/mol. The smallest absolute Gasteiger partial charge is 0.262 e. The fourth-order valence-electron chi connectivity index (χ4n) is 4.13. The lowest BCUT2D eigenvalue weighted by molar-refractivity contribution is 0.101. The molecule has 2 aromatic carbocycles. The van der Waals surface area contributed by atoms with E-state index in [1.165, 1.54) is 6.07 Å². The summed E-state index contributed by atoms with van der Waals surface area (Å²) in [5.74, 6) is -0.812.